The molecule has 4 rings (SSSR count). The zero-order valence-corrected chi connectivity index (χ0v) is 23.1. The van der Waals surface area contributed by atoms with Gasteiger partial charge in [0.15, 0.2) is 0 Å². The van der Waals surface area contributed by atoms with Gasteiger partial charge in [-0.3, -0.25) is 0 Å². The minimum Gasteiger partial charge on any atom is -0.235 e. The van der Waals surface area contributed by atoms with E-state index < -0.39 is 8.07 Å². The molecule has 2 aromatic carbocycles. The van der Waals surface area contributed by atoms with Crippen molar-refractivity contribution in [3.8, 4) is 11.3 Å². The molecule has 174 valence electrons. The number of rotatable bonds is 8. The quantitative estimate of drug-likeness (QED) is 0.239. The molecular weight excluding hydrogens is 436 g/mol. The van der Waals surface area contributed by atoms with Crippen molar-refractivity contribution in [3.05, 3.63) is 54.4 Å². The highest BCUT2D eigenvalue weighted by Crippen LogP contribution is 2.39. The molecule has 2 aromatic heterocycles. The Balaban J connectivity index is 1.93. The van der Waals surface area contributed by atoms with Gasteiger partial charge in [0.2, 0.25) is 0 Å². The summed E-state index contributed by atoms with van der Waals surface area (Å²) in [5, 5.41) is 2.53. The molecule has 2 heterocycles. The summed E-state index contributed by atoms with van der Waals surface area (Å²) in [7, 11) is -1.71. The van der Waals surface area contributed by atoms with Crippen molar-refractivity contribution in [1.82, 2.24) is 9.97 Å². The van der Waals surface area contributed by atoms with E-state index in [0.29, 0.717) is 17.8 Å². The van der Waals surface area contributed by atoms with Crippen molar-refractivity contribution < 1.29 is 0 Å². The molecule has 0 aliphatic rings. The fourth-order valence-corrected chi connectivity index (χ4v) is 15.5. The van der Waals surface area contributed by atoms with Crippen LogP contribution in [0, 0.1) is 24.7 Å². The summed E-state index contributed by atoms with van der Waals surface area (Å²) in [6.45, 7) is 16.8. The van der Waals surface area contributed by atoms with Crippen LogP contribution in [-0.4, -0.2) is 18.0 Å². The van der Waals surface area contributed by atoms with E-state index in [1.807, 2.05) is 11.3 Å². The van der Waals surface area contributed by atoms with Gasteiger partial charge in [-0.05, 0) is 51.6 Å². The Labute approximate surface area is 204 Å². The van der Waals surface area contributed by atoms with E-state index in [-0.39, 0.29) is 0 Å². The van der Waals surface area contributed by atoms with E-state index in [1.165, 1.54) is 50.2 Å². The molecule has 0 aliphatic carbocycles. The van der Waals surface area contributed by atoms with E-state index in [9.17, 15) is 0 Å². The highest BCUT2D eigenvalue weighted by atomic mass is 32.1. The third-order valence-corrected chi connectivity index (χ3v) is 15.4. The van der Waals surface area contributed by atoms with Gasteiger partial charge in [-0.15, -0.1) is 11.3 Å². The second-order valence-electron chi connectivity index (χ2n) is 11.1. The van der Waals surface area contributed by atoms with E-state index in [1.54, 1.807) is 10.8 Å². The summed E-state index contributed by atoms with van der Waals surface area (Å²) in [5.74, 6) is 2.14. The van der Waals surface area contributed by atoms with E-state index in [4.69, 9.17) is 9.97 Å². The summed E-state index contributed by atoms with van der Waals surface area (Å²) >= 11 is 2.02. The minimum atomic E-state index is -1.71. The van der Waals surface area contributed by atoms with Crippen LogP contribution in [0.3, 0.4) is 0 Å². The maximum absolute atomic E-state index is 4.82. The van der Waals surface area contributed by atoms with Crippen molar-refractivity contribution in [2.45, 2.75) is 66.6 Å². The van der Waals surface area contributed by atoms with Crippen LogP contribution in [0.2, 0.25) is 18.1 Å². The van der Waals surface area contributed by atoms with Crippen LogP contribution in [0.15, 0.2) is 48.8 Å². The van der Waals surface area contributed by atoms with Gasteiger partial charge in [0.1, 0.15) is 14.4 Å². The standard InChI is InChI=1S/C29H38N2SSi/c1-19(2)15-33(16-20(3)4,17-21(5)6)29-22(7)26-28(32-29)27(31-18-30-26)25-13-12-23-10-8-9-11-24(23)14-25/h8-14,18-21H,15-17H2,1-7H3. The Morgan fingerprint density at radius 2 is 1.39 bits per heavy atom. The predicted octanol–water partition coefficient (Wildman–Crippen LogP) is 8.44. The number of hydrogen-bond donors (Lipinski definition) is 0. The number of aromatic nitrogens is 2. The number of fused-ring (bicyclic) bond motifs is 2. The molecule has 4 heteroatoms. The van der Waals surface area contributed by atoms with Crippen LogP contribution in [0.25, 0.3) is 32.2 Å². The topological polar surface area (TPSA) is 25.8 Å². The lowest BCUT2D eigenvalue weighted by molar-refractivity contribution is 0.650. The van der Waals surface area contributed by atoms with E-state index >= 15 is 0 Å². The maximum atomic E-state index is 4.82. The smallest absolute Gasteiger partial charge is 0.116 e. The molecule has 0 unspecified atom stereocenters. The first kappa shape index (κ1) is 24.1. The molecule has 0 fully saturated rings. The number of thiophene rings is 1. The lowest BCUT2D eigenvalue weighted by Gasteiger charge is -2.36. The van der Waals surface area contributed by atoms with Crippen LogP contribution in [0.1, 0.15) is 47.1 Å². The van der Waals surface area contributed by atoms with E-state index in [2.05, 4.69) is 90.9 Å². The lowest BCUT2D eigenvalue weighted by Crippen LogP contribution is -2.50. The molecular formula is C29H38N2SSi. The molecule has 0 radical (unpaired) electrons. The summed E-state index contributed by atoms with van der Waals surface area (Å²) in [5.41, 5.74) is 4.87. The second-order valence-corrected chi connectivity index (χ2v) is 16.8. The Hall–Kier alpha value is -2.04. The van der Waals surface area contributed by atoms with Crippen molar-refractivity contribution >= 4 is 44.9 Å². The molecule has 0 saturated carbocycles. The fraction of sp³-hybridized carbons (Fsp3) is 0.448. The largest absolute Gasteiger partial charge is 0.235 e. The average molecular weight is 475 g/mol. The molecule has 0 bridgehead atoms. The monoisotopic (exact) mass is 474 g/mol. The van der Waals surface area contributed by atoms with Crippen molar-refractivity contribution in [1.29, 1.82) is 0 Å². The zero-order valence-electron chi connectivity index (χ0n) is 21.3. The third-order valence-electron chi connectivity index (χ3n) is 6.61. The highest BCUT2D eigenvalue weighted by Gasteiger charge is 2.40. The van der Waals surface area contributed by atoms with Gasteiger partial charge in [-0.1, -0.05) is 96.1 Å². The SMILES string of the molecule is Cc1c([Si](CC(C)C)(CC(C)C)CC(C)C)sc2c(-c3ccc4ccccc4c3)ncnc12. The third kappa shape index (κ3) is 4.92. The molecule has 0 atom stereocenters. The first-order chi connectivity index (χ1) is 15.7. The van der Waals surface area contributed by atoms with Gasteiger partial charge in [0, 0.05) is 5.56 Å². The Bertz CT molecular complexity index is 1230. The molecule has 0 aliphatic heterocycles. The molecule has 2 nitrogen and oxygen atoms in total. The average Bonchev–Trinajstić information content (AvgIpc) is 3.09. The molecule has 4 aromatic rings. The lowest BCUT2D eigenvalue weighted by atomic mass is 10.0. The molecule has 0 saturated heterocycles. The number of aryl methyl sites for hydroxylation is 1. The van der Waals surface area contributed by atoms with Gasteiger partial charge >= 0.3 is 0 Å². The van der Waals surface area contributed by atoms with Gasteiger partial charge in [-0.2, -0.15) is 0 Å². The summed E-state index contributed by atoms with van der Waals surface area (Å²) in [6, 6.07) is 19.4. The Morgan fingerprint density at radius 3 is 2.00 bits per heavy atom. The van der Waals surface area contributed by atoms with Crippen LogP contribution < -0.4 is 4.50 Å². The Kier molecular flexibility index (Phi) is 7.06. The normalized spacial score (nSPS) is 12.7. The van der Waals surface area contributed by atoms with Crippen LogP contribution in [0.4, 0.5) is 0 Å². The number of benzene rings is 2. The Morgan fingerprint density at radius 1 is 0.788 bits per heavy atom. The van der Waals surface area contributed by atoms with Crippen molar-refractivity contribution in [2.24, 2.45) is 17.8 Å². The highest BCUT2D eigenvalue weighted by molar-refractivity contribution is 7.32. The van der Waals surface area contributed by atoms with Crippen LogP contribution >= 0.6 is 11.3 Å². The summed E-state index contributed by atoms with van der Waals surface area (Å²) in [4.78, 5) is 9.64. The first-order valence-corrected chi connectivity index (χ1v) is 15.9. The molecule has 0 amide bonds. The number of nitrogens with zero attached hydrogens (tertiary/aromatic N) is 2. The molecule has 0 spiro atoms. The van der Waals surface area contributed by atoms with Crippen molar-refractivity contribution in [2.75, 3.05) is 0 Å². The van der Waals surface area contributed by atoms with Gasteiger partial charge in [0.05, 0.1) is 15.9 Å². The number of hydrogen-bond acceptors (Lipinski definition) is 3. The first-order valence-electron chi connectivity index (χ1n) is 12.4. The van der Waals surface area contributed by atoms with Gasteiger partial charge in [0.25, 0.3) is 0 Å². The van der Waals surface area contributed by atoms with Crippen LogP contribution in [0.5, 0.6) is 0 Å². The van der Waals surface area contributed by atoms with Crippen LogP contribution in [-0.2, 0) is 0 Å². The van der Waals surface area contributed by atoms with Gasteiger partial charge < -0.3 is 0 Å². The van der Waals surface area contributed by atoms with E-state index in [0.717, 1.165) is 5.69 Å². The summed E-state index contributed by atoms with van der Waals surface area (Å²) < 4.78 is 2.95. The van der Waals surface area contributed by atoms with Gasteiger partial charge in [-0.25, -0.2) is 9.97 Å². The predicted molar refractivity (Wildman–Crippen MR) is 149 cm³/mol. The molecule has 33 heavy (non-hydrogen) atoms. The minimum absolute atomic E-state index is 0.713. The summed E-state index contributed by atoms with van der Waals surface area (Å²) in [6.07, 6.45) is 1.77. The molecule has 0 N–H and O–H groups in total. The second kappa shape index (κ2) is 9.67. The zero-order chi connectivity index (χ0) is 23.8. The fourth-order valence-electron chi connectivity index (χ4n) is 5.94. The maximum Gasteiger partial charge on any atom is 0.116 e. The van der Waals surface area contributed by atoms with Crippen molar-refractivity contribution in [3.63, 3.8) is 0 Å².